The van der Waals surface area contributed by atoms with Crippen LogP contribution < -0.4 is 0 Å². The summed E-state index contributed by atoms with van der Waals surface area (Å²) in [6.07, 6.45) is -1.28. The number of carbonyl (C=O) groups is 2. The SMILES string of the molecule is CCOC(C(=O)O)C(=O)Cc1ccccc1. The molecule has 0 heterocycles. The molecule has 16 heavy (non-hydrogen) atoms. The Bertz CT molecular complexity index is 359. The highest BCUT2D eigenvalue weighted by atomic mass is 16.5. The number of rotatable bonds is 6. The molecule has 1 rings (SSSR count). The first-order valence-corrected chi connectivity index (χ1v) is 5.06. The van der Waals surface area contributed by atoms with E-state index in [0.717, 1.165) is 5.56 Å². The molecule has 0 aliphatic rings. The number of carbonyl (C=O) groups excluding carboxylic acids is 1. The molecule has 1 aromatic carbocycles. The molecule has 0 aliphatic carbocycles. The average Bonchev–Trinajstić information content (AvgIpc) is 2.26. The summed E-state index contributed by atoms with van der Waals surface area (Å²) in [5.41, 5.74) is 0.790. The van der Waals surface area contributed by atoms with Gasteiger partial charge in [-0.3, -0.25) is 4.79 Å². The first kappa shape index (κ1) is 12.4. The molecule has 86 valence electrons. The lowest BCUT2D eigenvalue weighted by Crippen LogP contribution is -2.34. The zero-order valence-corrected chi connectivity index (χ0v) is 9.05. The lowest BCUT2D eigenvalue weighted by molar-refractivity contribution is -0.155. The van der Waals surface area contributed by atoms with Crippen LogP contribution in [0.4, 0.5) is 0 Å². The summed E-state index contributed by atoms with van der Waals surface area (Å²) in [5.74, 6) is -1.66. The zero-order valence-electron chi connectivity index (χ0n) is 9.05. The van der Waals surface area contributed by atoms with E-state index in [1.165, 1.54) is 0 Å². The van der Waals surface area contributed by atoms with E-state index < -0.39 is 17.9 Å². The minimum absolute atomic E-state index is 0.0812. The van der Waals surface area contributed by atoms with Gasteiger partial charge in [-0.2, -0.15) is 0 Å². The molecule has 4 heteroatoms. The quantitative estimate of drug-likeness (QED) is 0.736. The van der Waals surface area contributed by atoms with Gasteiger partial charge in [0.2, 0.25) is 6.10 Å². The summed E-state index contributed by atoms with van der Waals surface area (Å²) < 4.78 is 4.89. The predicted molar refractivity (Wildman–Crippen MR) is 58.2 cm³/mol. The summed E-state index contributed by atoms with van der Waals surface area (Å²) in [5, 5.41) is 8.81. The van der Waals surface area contributed by atoms with E-state index in [9.17, 15) is 9.59 Å². The van der Waals surface area contributed by atoms with Gasteiger partial charge >= 0.3 is 5.97 Å². The number of ether oxygens (including phenoxy) is 1. The molecular formula is C12H14O4. The molecule has 0 saturated carbocycles. The molecule has 0 radical (unpaired) electrons. The fourth-order valence-electron chi connectivity index (χ4n) is 1.36. The van der Waals surface area contributed by atoms with Gasteiger partial charge in [-0.25, -0.2) is 4.79 Å². The van der Waals surface area contributed by atoms with Gasteiger partial charge in [-0.05, 0) is 12.5 Å². The monoisotopic (exact) mass is 222 g/mol. The molecule has 4 nitrogen and oxygen atoms in total. The van der Waals surface area contributed by atoms with Crippen molar-refractivity contribution < 1.29 is 19.4 Å². The van der Waals surface area contributed by atoms with Crippen LogP contribution in [0.3, 0.4) is 0 Å². The Morgan fingerprint density at radius 1 is 1.31 bits per heavy atom. The number of carboxylic acid groups (broad SMARTS) is 1. The van der Waals surface area contributed by atoms with Crippen molar-refractivity contribution in [3.8, 4) is 0 Å². The van der Waals surface area contributed by atoms with Gasteiger partial charge in [0, 0.05) is 13.0 Å². The molecule has 0 amide bonds. The van der Waals surface area contributed by atoms with Crippen LogP contribution in [-0.2, 0) is 20.7 Å². The van der Waals surface area contributed by atoms with Crippen molar-refractivity contribution in [3.63, 3.8) is 0 Å². The summed E-state index contributed by atoms with van der Waals surface area (Å²) in [4.78, 5) is 22.4. The van der Waals surface area contributed by atoms with Crippen molar-refractivity contribution in [1.29, 1.82) is 0 Å². The smallest absolute Gasteiger partial charge is 0.340 e. The van der Waals surface area contributed by atoms with Crippen LogP contribution in [-0.4, -0.2) is 29.6 Å². The second-order valence-corrected chi connectivity index (χ2v) is 3.30. The lowest BCUT2D eigenvalue weighted by Gasteiger charge is -2.10. The number of ketones is 1. The Morgan fingerprint density at radius 3 is 2.44 bits per heavy atom. The van der Waals surface area contributed by atoms with Crippen molar-refractivity contribution in [1.82, 2.24) is 0 Å². The minimum Gasteiger partial charge on any atom is -0.479 e. The minimum atomic E-state index is -1.36. The topological polar surface area (TPSA) is 63.6 Å². The molecular weight excluding hydrogens is 208 g/mol. The van der Waals surface area contributed by atoms with Crippen LogP contribution in [0.25, 0.3) is 0 Å². The molecule has 1 aromatic rings. The first-order chi connectivity index (χ1) is 7.65. The van der Waals surface area contributed by atoms with Gasteiger partial charge in [0.05, 0.1) is 0 Å². The number of hydrogen-bond acceptors (Lipinski definition) is 3. The van der Waals surface area contributed by atoms with Crippen LogP contribution >= 0.6 is 0 Å². The van der Waals surface area contributed by atoms with Crippen molar-refractivity contribution in [2.24, 2.45) is 0 Å². The largest absolute Gasteiger partial charge is 0.479 e. The Labute approximate surface area is 93.9 Å². The Hall–Kier alpha value is -1.68. The van der Waals surface area contributed by atoms with E-state index in [2.05, 4.69) is 0 Å². The highest BCUT2D eigenvalue weighted by molar-refractivity contribution is 6.02. The van der Waals surface area contributed by atoms with Crippen LogP contribution in [0, 0.1) is 0 Å². The molecule has 0 fully saturated rings. The molecule has 0 spiro atoms. The average molecular weight is 222 g/mol. The zero-order chi connectivity index (χ0) is 12.0. The van der Waals surface area contributed by atoms with Crippen LogP contribution in [0.5, 0.6) is 0 Å². The molecule has 0 saturated heterocycles. The standard InChI is InChI=1S/C12H14O4/c1-2-16-11(12(14)15)10(13)8-9-6-4-3-5-7-9/h3-7,11H,2,8H2,1H3,(H,14,15). The number of hydrogen-bond donors (Lipinski definition) is 1. The van der Waals surface area contributed by atoms with Gasteiger partial charge in [-0.15, -0.1) is 0 Å². The van der Waals surface area contributed by atoms with Crippen molar-refractivity contribution >= 4 is 11.8 Å². The third kappa shape index (κ3) is 3.47. The number of aliphatic carboxylic acids is 1. The van der Waals surface area contributed by atoms with E-state index in [-0.39, 0.29) is 13.0 Å². The molecule has 0 aliphatic heterocycles. The number of carboxylic acids is 1. The lowest BCUT2D eigenvalue weighted by atomic mass is 10.1. The maximum absolute atomic E-state index is 11.6. The van der Waals surface area contributed by atoms with Crippen molar-refractivity contribution in [3.05, 3.63) is 35.9 Å². The van der Waals surface area contributed by atoms with Crippen molar-refractivity contribution in [2.45, 2.75) is 19.4 Å². The van der Waals surface area contributed by atoms with Crippen LogP contribution in [0.2, 0.25) is 0 Å². The van der Waals surface area contributed by atoms with Gasteiger partial charge < -0.3 is 9.84 Å². The highest BCUT2D eigenvalue weighted by Gasteiger charge is 2.26. The van der Waals surface area contributed by atoms with Crippen LogP contribution in [0.1, 0.15) is 12.5 Å². The first-order valence-electron chi connectivity index (χ1n) is 5.06. The Balaban J connectivity index is 2.66. The van der Waals surface area contributed by atoms with E-state index in [1.54, 1.807) is 31.2 Å². The second kappa shape index (κ2) is 6.02. The van der Waals surface area contributed by atoms with E-state index in [1.807, 2.05) is 6.07 Å². The fraction of sp³-hybridized carbons (Fsp3) is 0.333. The molecule has 1 atom stereocenters. The van der Waals surface area contributed by atoms with E-state index >= 15 is 0 Å². The predicted octanol–water partition coefficient (Wildman–Crippen LogP) is 1.29. The molecule has 1 unspecified atom stereocenters. The number of Topliss-reactive ketones (excluding diaryl/α,β-unsaturated/α-hetero) is 1. The third-order valence-corrected chi connectivity index (χ3v) is 2.07. The van der Waals surface area contributed by atoms with Crippen molar-refractivity contribution in [2.75, 3.05) is 6.61 Å². The molecule has 0 aromatic heterocycles. The molecule has 1 N–H and O–H groups in total. The summed E-state index contributed by atoms with van der Waals surface area (Å²) in [6, 6.07) is 9.01. The van der Waals surface area contributed by atoms with Gasteiger partial charge in [0.25, 0.3) is 0 Å². The maximum Gasteiger partial charge on any atom is 0.340 e. The number of benzene rings is 1. The summed E-state index contributed by atoms with van der Waals surface area (Å²) >= 11 is 0. The van der Waals surface area contributed by atoms with Crippen LogP contribution in [0.15, 0.2) is 30.3 Å². The van der Waals surface area contributed by atoms with Gasteiger partial charge in [0.1, 0.15) is 0 Å². The fourth-order valence-corrected chi connectivity index (χ4v) is 1.36. The molecule has 0 bridgehead atoms. The second-order valence-electron chi connectivity index (χ2n) is 3.30. The maximum atomic E-state index is 11.6. The normalized spacial score (nSPS) is 12.1. The summed E-state index contributed by atoms with van der Waals surface area (Å²) in [7, 11) is 0. The van der Waals surface area contributed by atoms with Gasteiger partial charge in [0.15, 0.2) is 5.78 Å². The third-order valence-electron chi connectivity index (χ3n) is 2.07. The Kier molecular flexibility index (Phi) is 4.66. The summed E-state index contributed by atoms with van der Waals surface area (Å²) in [6.45, 7) is 1.86. The van der Waals surface area contributed by atoms with E-state index in [0.29, 0.717) is 0 Å². The Morgan fingerprint density at radius 2 is 1.94 bits per heavy atom. The highest BCUT2D eigenvalue weighted by Crippen LogP contribution is 2.04. The van der Waals surface area contributed by atoms with E-state index in [4.69, 9.17) is 9.84 Å². The van der Waals surface area contributed by atoms with Gasteiger partial charge in [-0.1, -0.05) is 30.3 Å².